The highest BCUT2D eigenvalue weighted by molar-refractivity contribution is 5.97. The molecule has 0 aliphatic rings. The molecule has 3 N–H and O–H groups in total. The SMILES string of the molecule is CCOc1cccc2nc(-c3cccc(OCC(=O)NC(C)(C)C)c3)nc(Nc3cc[nH]n3)c12. The van der Waals surface area contributed by atoms with Gasteiger partial charge in [0.1, 0.15) is 17.3 Å². The first-order valence-corrected chi connectivity index (χ1v) is 11.1. The lowest BCUT2D eigenvalue weighted by Crippen LogP contribution is -2.43. The third-order valence-electron chi connectivity index (χ3n) is 4.71. The van der Waals surface area contributed by atoms with E-state index in [9.17, 15) is 4.79 Å². The van der Waals surface area contributed by atoms with E-state index in [1.165, 1.54) is 0 Å². The molecule has 9 heteroatoms. The fourth-order valence-corrected chi connectivity index (χ4v) is 3.43. The Kier molecular flexibility index (Phi) is 6.62. The van der Waals surface area contributed by atoms with Gasteiger partial charge < -0.3 is 20.1 Å². The Morgan fingerprint density at radius 1 is 1.06 bits per heavy atom. The van der Waals surface area contributed by atoms with Gasteiger partial charge in [0.05, 0.1) is 17.5 Å². The normalized spacial score (nSPS) is 11.3. The van der Waals surface area contributed by atoms with Crippen LogP contribution in [0, 0.1) is 0 Å². The molecular formula is C25H28N6O3. The van der Waals surface area contributed by atoms with Crippen molar-refractivity contribution in [3.05, 3.63) is 54.7 Å². The number of benzene rings is 2. The average Bonchev–Trinajstić information content (AvgIpc) is 3.30. The van der Waals surface area contributed by atoms with Crippen molar-refractivity contribution in [2.45, 2.75) is 33.2 Å². The number of aromatic amines is 1. The van der Waals surface area contributed by atoms with Gasteiger partial charge in [0.25, 0.3) is 5.91 Å². The Balaban J connectivity index is 1.68. The summed E-state index contributed by atoms with van der Waals surface area (Å²) >= 11 is 0. The molecule has 0 unspecified atom stereocenters. The highest BCUT2D eigenvalue weighted by Gasteiger charge is 2.16. The second-order valence-electron chi connectivity index (χ2n) is 8.68. The van der Waals surface area contributed by atoms with Crippen molar-refractivity contribution >= 4 is 28.4 Å². The highest BCUT2D eigenvalue weighted by Crippen LogP contribution is 2.34. The molecule has 9 nitrogen and oxygen atoms in total. The maximum Gasteiger partial charge on any atom is 0.258 e. The summed E-state index contributed by atoms with van der Waals surface area (Å²) in [6, 6.07) is 14.9. The zero-order valence-corrected chi connectivity index (χ0v) is 19.7. The van der Waals surface area contributed by atoms with Gasteiger partial charge >= 0.3 is 0 Å². The van der Waals surface area contributed by atoms with Gasteiger partial charge in [-0.15, -0.1) is 0 Å². The molecular weight excluding hydrogens is 432 g/mol. The van der Waals surface area contributed by atoms with Crippen LogP contribution in [0.1, 0.15) is 27.7 Å². The number of aromatic nitrogens is 4. The van der Waals surface area contributed by atoms with Crippen LogP contribution < -0.4 is 20.1 Å². The summed E-state index contributed by atoms with van der Waals surface area (Å²) in [5.74, 6) is 2.76. The fourth-order valence-electron chi connectivity index (χ4n) is 3.43. The zero-order chi connectivity index (χ0) is 24.1. The number of carbonyl (C=O) groups excluding carboxylic acids is 1. The van der Waals surface area contributed by atoms with E-state index >= 15 is 0 Å². The number of H-pyrrole nitrogens is 1. The van der Waals surface area contributed by atoms with Gasteiger partial charge in [-0.25, -0.2) is 9.97 Å². The van der Waals surface area contributed by atoms with Crippen molar-refractivity contribution in [2.75, 3.05) is 18.5 Å². The number of nitrogens with zero attached hydrogens (tertiary/aromatic N) is 3. The minimum absolute atomic E-state index is 0.0804. The first kappa shape index (κ1) is 23.0. The summed E-state index contributed by atoms with van der Waals surface area (Å²) in [5.41, 5.74) is 1.16. The van der Waals surface area contributed by atoms with E-state index in [4.69, 9.17) is 19.4 Å². The third-order valence-corrected chi connectivity index (χ3v) is 4.71. The molecule has 0 atom stereocenters. The lowest BCUT2D eigenvalue weighted by Gasteiger charge is -2.20. The molecule has 2 aromatic carbocycles. The van der Waals surface area contributed by atoms with Crippen LogP contribution in [-0.2, 0) is 4.79 Å². The Bertz CT molecular complexity index is 1280. The molecule has 4 rings (SSSR count). The number of fused-ring (bicyclic) bond motifs is 1. The molecule has 34 heavy (non-hydrogen) atoms. The largest absolute Gasteiger partial charge is 0.493 e. The summed E-state index contributed by atoms with van der Waals surface area (Å²) in [4.78, 5) is 21.7. The predicted molar refractivity (Wildman–Crippen MR) is 131 cm³/mol. The lowest BCUT2D eigenvalue weighted by molar-refractivity contribution is -0.124. The number of nitrogens with one attached hydrogen (secondary N) is 3. The van der Waals surface area contributed by atoms with Gasteiger partial charge in [-0.3, -0.25) is 9.89 Å². The van der Waals surface area contributed by atoms with Crippen LogP contribution >= 0.6 is 0 Å². The molecule has 0 saturated carbocycles. The molecule has 0 bridgehead atoms. The van der Waals surface area contributed by atoms with Gasteiger partial charge in [0.15, 0.2) is 18.2 Å². The van der Waals surface area contributed by atoms with Gasteiger partial charge in [0.2, 0.25) is 0 Å². The van der Waals surface area contributed by atoms with E-state index in [1.54, 1.807) is 12.3 Å². The number of hydrogen-bond donors (Lipinski definition) is 3. The monoisotopic (exact) mass is 460 g/mol. The summed E-state index contributed by atoms with van der Waals surface area (Å²) in [6.07, 6.45) is 1.73. The number of ether oxygens (including phenoxy) is 2. The quantitative estimate of drug-likeness (QED) is 0.356. The van der Waals surface area contributed by atoms with Gasteiger partial charge in [0, 0.05) is 23.4 Å². The number of amides is 1. The van der Waals surface area contributed by atoms with Crippen LogP contribution in [0.25, 0.3) is 22.3 Å². The molecule has 2 heterocycles. The van der Waals surface area contributed by atoms with Crippen molar-refractivity contribution in [2.24, 2.45) is 0 Å². The van der Waals surface area contributed by atoms with Crippen LogP contribution in [0.3, 0.4) is 0 Å². The number of carbonyl (C=O) groups is 1. The molecule has 176 valence electrons. The molecule has 0 aliphatic carbocycles. The number of anilines is 2. The maximum atomic E-state index is 12.1. The Morgan fingerprint density at radius 2 is 1.88 bits per heavy atom. The van der Waals surface area contributed by atoms with E-state index in [2.05, 4.69) is 20.8 Å². The van der Waals surface area contributed by atoms with Crippen LogP contribution in [0.2, 0.25) is 0 Å². The van der Waals surface area contributed by atoms with E-state index in [-0.39, 0.29) is 18.1 Å². The second-order valence-corrected chi connectivity index (χ2v) is 8.68. The molecule has 0 aliphatic heterocycles. The molecule has 1 amide bonds. The van der Waals surface area contributed by atoms with Crippen molar-refractivity contribution < 1.29 is 14.3 Å². The smallest absolute Gasteiger partial charge is 0.258 e. The van der Waals surface area contributed by atoms with Crippen molar-refractivity contribution in [1.29, 1.82) is 0 Å². The van der Waals surface area contributed by atoms with Crippen molar-refractivity contribution in [3.63, 3.8) is 0 Å². The van der Waals surface area contributed by atoms with E-state index in [1.807, 2.05) is 70.2 Å². The minimum atomic E-state index is -0.320. The van der Waals surface area contributed by atoms with Gasteiger partial charge in [-0.2, -0.15) is 5.10 Å². The first-order chi connectivity index (χ1) is 16.3. The second kappa shape index (κ2) is 9.78. The van der Waals surface area contributed by atoms with Crippen LogP contribution in [0.4, 0.5) is 11.6 Å². The number of rotatable bonds is 8. The zero-order valence-electron chi connectivity index (χ0n) is 19.7. The van der Waals surface area contributed by atoms with Crippen LogP contribution in [-0.4, -0.2) is 44.8 Å². The Labute approximate surface area is 197 Å². The molecule has 2 aromatic heterocycles. The summed E-state index contributed by atoms with van der Waals surface area (Å²) < 4.78 is 11.5. The molecule has 0 fully saturated rings. The predicted octanol–water partition coefficient (Wildman–Crippen LogP) is 4.46. The van der Waals surface area contributed by atoms with E-state index < -0.39 is 0 Å². The summed E-state index contributed by atoms with van der Waals surface area (Å²) in [6.45, 7) is 8.15. The van der Waals surface area contributed by atoms with E-state index in [0.717, 1.165) is 16.5 Å². The molecule has 0 spiro atoms. The van der Waals surface area contributed by atoms with Crippen molar-refractivity contribution in [1.82, 2.24) is 25.5 Å². The number of hydrogen-bond acceptors (Lipinski definition) is 7. The minimum Gasteiger partial charge on any atom is -0.493 e. The van der Waals surface area contributed by atoms with E-state index in [0.29, 0.717) is 35.6 Å². The summed E-state index contributed by atoms with van der Waals surface area (Å²) in [7, 11) is 0. The highest BCUT2D eigenvalue weighted by atomic mass is 16.5. The third kappa shape index (κ3) is 5.61. The molecule has 0 radical (unpaired) electrons. The maximum absolute atomic E-state index is 12.1. The van der Waals surface area contributed by atoms with Gasteiger partial charge in [-0.05, 0) is 52.0 Å². The standard InChI is InChI=1S/C25H28N6O3/c1-5-33-19-11-7-10-18-22(19)24(28-20-12-13-26-31-20)29-23(27-18)16-8-6-9-17(14-16)34-15-21(32)30-25(2,3)4/h6-14H,5,15H2,1-4H3,(H,30,32)(H2,26,27,28,29,31). The van der Waals surface area contributed by atoms with Crippen molar-refractivity contribution in [3.8, 4) is 22.9 Å². The average molecular weight is 461 g/mol. The Morgan fingerprint density at radius 3 is 2.62 bits per heavy atom. The fraction of sp³-hybridized carbons (Fsp3) is 0.280. The topological polar surface area (TPSA) is 114 Å². The Hall–Kier alpha value is -4.14. The van der Waals surface area contributed by atoms with Crippen LogP contribution in [0.5, 0.6) is 11.5 Å². The van der Waals surface area contributed by atoms with Gasteiger partial charge in [-0.1, -0.05) is 18.2 Å². The lowest BCUT2D eigenvalue weighted by atomic mass is 10.1. The van der Waals surface area contributed by atoms with Crippen LogP contribution in [0.15, 0.2) is 54.7 Å². The first-order valence-electron chi connectivity index (χ1n) is 11.1. The summed E-state index contributed by atoms with van der Waals surface area (Å²) in [5, 5.41) is 13.9. The molecule has 0 saturated heterocycles. The molecule has 4 aromatic rings.